The lowest BCUT2D eigenvalue weighted by molar-refractivity contribution is -0.129. The Morgan fingerprint density at radius 2 is 2.08 bits per heavy atom. The van der Waals surface area contributed by atoms with Gasteiger partial charge in [0.2, 0.25) is 11.8 Å². The lowest BCUT2D eigenvalue weighted by Crippen LogP contribution is -2.42. The van der Waals surface area contributed by atoms with Gasteiger partial charge in [-0.3, -0.25) is 14.3 Å². The Hall–Kier alpha value is -2.63. The monoisotopic (exact) mass is 340 g/mol. The van der Waals surface area contributed by atoms with Crippen LogP contribution in [0.5, 0.6) is 0 Å². The van der Waals surface area contributed by atoms with Gasteiger partial charge in [0.25, 0.3) is 0 Å². The molecule has 1 aromatic heterocycles. The fourth-order valence-corrected chi connectivity index (χ4v) is 3.32. The van der Waals surface area contributed by atoms with Crippen molar-refractivity contribution in [2.24, 2.45) is 7.05 Å². The molecule has 0 saturated carbocycles. The van der Waals surface area contributed by atoms with Crippen molar-refractivity contribution in [3.8, 4) is 0 Å². The molecule has 132 valence electrons. The van der Waals surface area contributed by atoms with Crippen LogP contribution >= 0.6 is 0 Å². The molecule has 1 heterocycles. The molecule has 6 nitrogen and oxygen atoms in total. The minimum Gasteiger partial charge on any atom is -0.347 e. The molecule has 25 heavy (non-hydrogen) atoms. The molecule has 2 N–H and O–H groups in total. The summed E-state index contributed by atoms with van der Waals surface area (Å²) in [6.07, 6.45) is 5.05. The van der Waals surface area contributed by atoms with Gasteiger partial charge >= 0.3 is 0 Å². The highest BCUT2D eigenvalue weighted by atomic mass is 16.2. The van der Waals surface area contributed by atoms with Crippen LogP contribution < -0.4 is 10.6 Å². The molecule has 0 aliphatic heterocycles. The zero-order valence-electron chi connectivity index (χ0n) is 14.7. The van der Waals surface area contributed by atoms with Crippen molar-refractivity contribution in [3.05, 3.63) is 53.3 Å². The summed E-state index contributed by atoms with van der Waals surface area (Å²) in [5.74, 6) is -0.329. The zero-order chi connectivity index (χ0) is 17.8. The molecule has 2 amide bonds. The quantitative estimate of drug-likeness (QED) is 0.876. The van der Waals surface area contributed by atoms with E-state index in [9.17, 15) is 9.59 Å². The van der Waals surface area contributed by atoms with Crippen molar-refractivity contribution in [2.45, 2.75) is 44.7 Å². The van der Waals surface area contributed by atoms with E-state index in [4.69, 9.17) is 0 Å². The molecule has 0 unspecified atom stereocenters. The van der Waals surface area contributed by atoms with Gasteiger partial charge in [0.1, 0.15) is 6.04 Å². The highest BCUT2D eigenvalue weighted by Gasteiger charge is 2.29. The molecule has 1 aliphatic rings. The number of amides is 2. The molecular formula is C19H24N4O2. The van der Waals surface area contributed by atoms with Gasteiger partial charge in [0, 0.05) is 24.7 Å². The number of aromatic nitrogens is 2. The van der Waals surface area contributed by atoms with E-state index >= 15 is 0 Å². The van der Waals surface area contributed by atoms with E-state index in [-0.39, 0.29) is 17.9 Å². The van der Waals surface area contributed by atoms with Crippen LogP contribution in [0.3, 0.4) is 0 Å². The third-order valence-electron chi connectivity index (χ3n) is 4.71. The molecular weight excluding hydrogens is 316 g/mol. The summed E-state index contributed by atoms with van der Waals surface area (Å²) in [6, 6.07) is 8.60. The Labute approximate surface area is 147 Å². The molecule has 0 bridgehead atoms. The van der Waals surface area contributed by atoms with Gasteiger partial charge in [0.05, 0.1) is 12.2 Å². The predicted octanol–water partition coefficient (Wildman–Crippen LogP) is 2.18. The molecule has 0 saturated heterocycles. The third kappa shape index (κ3) is 3.73. The van der Waals surface area contributed by atoms with Crippen molar-refractivity contribution in [2.75, 3.05) is 0 Å². The molecule has 1 aliphatic carbocycles. The summed E-state index contributed by atoms with van der Waals surface area (Å²) in [4.78, 5) is 24.8. The summed E-state index contributed by atoms with van der Waals surface area (Å²) in [6.45, 7) is 1.78. The van der Waals surface area contributed by atoms with Crippen molar-refractivity contribution in [1.29, 1.82) is 0 Å². The number of hydrogen-bond donors (Lipinski definition) is 2. The number of carbonyl (C=O) groups excluding carboxylic acids is 2. The van der Waals surface area contributed by atoms with Crippen LogP contribution in [0.15, 0.2) is 36.5 Å². The molecule has 1 aromatic carbocycles. The van der Waals surface area contributed by atoms with Gasteiger partial charge in [-0.05, 0) is 24.8 Å². The van der Waals surface area contributed by atoms with Gasteiger partial charge in [-0.25, -0.2) is 0 Å². The van der Waals surface area contributed by atoms with Crippen LogP contribution in [0, 0.1) is 0 Å². The van der Waals surface area contributed by atoms with Crippen LogP contribution in [0.1, 0.15) is 55.1 Å². The normalized spacial score (nSPS) is 17.4. The Morgan fingerprint density at radius 3 is 2.80 bits per heavy atom. The molecule has 3 rings (SSSR count). The first kappa shape index (κ1) is 17.2. The van der Waals surface area contributed by atoms with E-state index in [1.807, 2.05) is 48.3 Å². The van der Waals surface area contributed by atoms with Crippen LogP contribution in [-0.2, 0) is 23.1 Å². The highest BCUT2D eigenvalue weighted by Crippen LogP contribution is 2.29. The van der Waals surface area contributed by atoms with Gasteiger partial charge in [0.15, 0.2) is 0 Å². The topological polar surface area (TPSA) is 76.0 Å². The number of benzene rings is 1. The van der Waals surface area contributed by atoms with Crippen molar-refractivity contribution < 1.29 is 9.59 Å². The van der Waals surface area contributed by atoms with Crippen molar-refractivity contribution >= 4 is 11.8 Å². The summed E-state index contributed by atoms with van der Waals surface area (Å²) >= 11 is 0. The van der Waals surface area contributed by atoms with Gasteiger partial charge in [-0.15, -0.1) is 0 Å². The summed E-state index contributed by atoms with van der Waals surface area (Å²) < 4.78 is 1.88. The molecule has 2 atom stereocenters. The van der Waals surface area contributed by atoms with Crippen molar-refractivity contribution in [3.63, 3.8) is 0 Å². The fourth-order valence-electron chi connectivity index (χ4n) is 3.32. The Morgan fingerprint density at radius 1 is 1.32 bits per heavy atom. The zero-order valence-corrected chi connectivity index (χ0v) is 14.7. The molecule has 0 radical (unpaired) electrons. The predicted molar refractivity (Wildman–Crippen MR) is 94.6 cm³/mol. The minimum atomic E-state index is -0.685. The van der Waals surface area contributed by atoms with Gasteiger partial charge < -0.3 is 10.6 Å². The first-order valence-corrected chi connectivity index (χ1v) is 8.75. The number of rotatable bonds is 5. The van der Waals surface area contributed by atoms with E-state index in [0.29, 0.717) is 6.42 Å². The average molecular weight is 340 g/mol. The summed E-state index contributed by atoms with van der Waals surface area (Å²) in [7, 11) is 1.93. The number of nitrogens with one attached hydrogen (secondary N) is 2. The van der Waals surface area contributed by atoms with E-state index in [1.54, 1.807) is 6.92 Å². The second-order valence-electron chi connectivity index (χ2n) is 6.39. The minimum absolute atomic E-state index is 0.0605. The second-order valence-corrected chi connectivity index (χ2v) is 6.39. The Bertz CT molecular complexity index is 754. The van der Waals surface area contributed by atoms with Gasteiger partial charge in [-0.1, -0.05) is 37.3 Å². The van der Waals surface area contributed by atoms with Crippen molar-refractivity contribution in [1.82, 2.24) is 20.4 Å². The van der Waals surface area contributed by atoms with Crippen LogP contribution in [-0.4, -0.2) is 21.6 Å². The maximum absolute atomic E-state index is 12.9. The average Bonchev–Trinajstić information content (AvgIpc) is 3.02. The van der Waals surface area contributed by atoms with E-state index in [2.05, 4.69) is 15.7 Å². The Kier molecular flexibility index (Phi) is 5.16. The highest BCUT2D eigenvalue weighted by molar-refractivity contribution is 5.88. The second kappa shape index (κ2) is 7.51. The molecule has 0 spiro atoms. The summed E-state index contributed by atoms with van der Waals surface area (Å²) in [5.41, 5.74) is 3.03. The number of carbonyl (C=O) groups is 2. The van der Waals surface area contributed by atoms with E-state index in [1.165, 1.54) is 5.69 Å². The largest absolute Gasteiger partial charge is 0.347 e. The van der Waals surface area contributed by atoms with E-state index in [0.717, 1.165) is 30.4 Å². The lowest BCUT2D eigenvalue weighted by atomic mass is 9.92. The lowest BCUT2D eigenvalue weighted by Gasteiger charge is -2.26. The molecule has 6 heteroatoms. The first-order chi connectivity index (χ1) is 12.1. The third-order valence-corrected chi connectivity index (χ3v) is 4.71. The SMILES string of the molecule is CCC(=O)N[C@H](C(=O)N[C@H]1CCCc2c1cnn2C)c1ccccc1. The van der Waals surface area contributed by atoms with Gasteiger partial charge in [-0.2, -0.15) is 5.10 Å². The maximum atomic E-state index is 12.9. The van der Waals surface area contributed by atoms with Crippen LogP contribution in [0.2, 0.25) is 0 Å². The maximum Gasteiger partial charge on any atom is 0.247 e. The summed E-state index contributed by atoms with van der Waals surface area (Å²) in [5, 5.41) is 10.3. The standard InChI is InChI=1S/C19H24N4O2/c1-3-17(24)22-18(13-8-5-4-6-9-13)19(25)21-15-10-7-11-16-14(15)12-20-23(16)2/h4-6,8-9,12,15,18H,3,7,10-11H2,1-2H3,(H,21,25)(H,22,24)/t15-,18-/m0/s1. The van der Waals surface area contributed by atoms with E-state index < -0.39 is 6.04 Å². The smallest absolute Gasteiger partial charge is 0.247 e. The Balaban J connectivity index is 1.80. The first-order valence-electron chi connectivity index (χ1n) is 8.75. The van der Waals surface area contributed by atoms with Crippen LogP contribution in [0.4, 0.5) is 0 Å². The molecule has 0 fully saturated rings. The number of aryl methyl sites for hydroxylation is 1. The molecule has 2 aromatic rings. The van der Waals surface area contributed by atoms with Crippen LogP contribution in [0.25, 0.3) is 0 Å². The fraction of sp³-hybridized carbons (Fsp3) is 0.421. The number of fused-ring (bicyclic) bond motifs is 1. The number of hydrogen-bond acceptors (Lipinski definition) is 3. The number of nitrogens with zero attached hydrogens (tertiary/aromatic N) is 2.